The van der Waals surface area contributed by atoms with E-state index in [0.29, 0.717) is 12.5 Å². The van der Waals surface area contributed by atoms with Crippen molar-refractivity contribution in [3.63, 3.8) is 0 Å². The van der Waals surface area contributed by atoms with Gasteiger partial charge >= 0.3 is 0 Å². The fourth-order valence-electron chi connectivity index (χ4n) is 1.26. The van der Waals surface area contributed by atoms with Gasteiger partial charge in [0.2, 0.25) is 11.6 Å². The van der Waals surface area contributed by atoms with E-state index in [9.17, 15) is 0 Å². The van der Waals surface area contributed by atoms with Crippen molar-refractivity contribution in [1.82, 2.24) is 10.3 Å². The van der Waals surface area contributed by atoms with E-state index < -0.39 is 5.62 Å². The van der Waals surface area contributed by atoms with E-state index in [4.69, 9.17) is 17.4 Å². The lowest BCUT2D eigenvalue weighted by atomic mass is 10.2. The summed E-state index contributed by atoms with van der Waals surface area (Å²) in [6.07, 6.45) is 3.09. The van der Waals surface area contributed by atoms with Gasteiger partial charge in [0.1, 0.15) is 5.84 Å². The van der Waals surface area contributed by atoms with Gasteiger partial charge in [-0.25, -0.2) is 15.8 Å². The van der Waals surface area contributed by atoms with E-state index in [1.807, 2.05) is 6.92 Å². The Morgan fingerprint density at radius 2 is 2.33 bits per heavy atom. The van der Waals surface area contributed by atoms with Crippen molar-refractivity contribution < 1.29 is 0 Å². The van der Waals surface area contributed by atoms with Gasteiger partial charge in [0.05, 0.1) is 0 Å². The normalized spacial score (nSPS) is 24.0. The summed E-state index contributed by atoms with van der Waals surface area (Å²) in [4.78, 5) is 8.44. The molecule has 0 spiro atoms. The van der Waals surface area contributed by atoms with Crippen molar-refractivity contribution >= 4 is 23.4 Å². The molecule has 15 heavy (non-hydrogen) atoms. The molecule has 1 aliphatic rings. The molecule has 0 bridgehead atoms. The zero-order chi connectivity index (χ0) is 11.3. The zero-order valence-electron chi connectivity index (χ0n) is 9.20. The smallest absolute Gasteiger partial charge is 0.216 e. The summed E-state index contributed by atoms with van der Waals surface area (Å²) in [5.41, 5.74) is -0.552. The topological polar surface area (TPSA) is 66.0 Å². The third-order valence-electron chi connectivity index (χ3n) is 2.07. The Bertz CT molecular complexity index is 263. The molecule has 1 heterocycles. The van der Waals surface area contributed by atoms with Crippen molar-refractivity contribution in [2.24, 2.45) is 15.8 Å². The molecule has 86 valence electrons. The van der Waals surface area contributed by atoms with Gasteiger partial charge in [-0.2, -0.15) is 0 Å². The molecule has 0 aromatic carbocycles. The highest BCUT2D eigenvalue weighted by Crippen LogP contribution is 2.09. The number of rotatable bonds is 4. The summed E-state index contributed by atoms with van der Waals surface area (Å²) in [5, 5.41) is 4.42. The molecule has 3 N–H and O–H groups in total. The van der Waals surface area contributed by atoms with Crippen LogP contribution in [0.5, 0.6) is 0 Å². The Labute approximate surface area is 95.4 Å². The summed E-state index contributed by atoms with van der Waals surface area (Å²) in [6.45, 7) is 4.75. The van der Waals surface area contributed by atoms with E-state index in [2.05, 4.69) is 22.2 Å². The molecule has 0 aromatic rings. The predicted molar refractivity (Wildman–Crippen MR) is 63.7 cm³/mol. The van der Waals surface area contributed by atoms with Crippen molar-refractivity contribution in [2.45, 2.75) is 38.7 Å². The number of aliphatic imine (C=N–C) groups is 2. The van der Waals surface area contributed by atoms with Crippen LogP contribution in [0, 0.1) is 0 Å². The molecule has 0 saturated heterocycles. The van der Waals surface area contributed by atoms with Gasteiger partial charge in [0, 0.05) is 13.0 Å². The minimum atomic E-state index is -0.552. The van der Waals surface area contributed by atoms with Crippen LogP contribution in [0.4, 0.5) is 0 Å². The summed E-state index contributed by atoms with van der Waals surface area (Å²) in [6, 6.07) is 0. The highest BCUT2D eigenvalue weighted by Gasteiger charge is 2.22. The first-order valence-corrected chi connectivity index (χ1v) is 5.68. The van der Waals surface area contributed by atoms with Gasteiger partial charge in [-0.15, -0.1) is 0 Å². The fraction of sp³-hybridized carbons (Fsp3) is 0.778. The fourth-order valence-corrected chi connectivity index (χ4v) is 1.47. The molecule has 1 atom stereocenters. The molecule has 0 fully saturated rings. The average Bonchev–Trinajstić information content (AvgIpc) is 2.22. The Kier molecular flexibility index (Phi) is 4.84. The molecule has 1 rings (SSSR count). The second-order valence-electron chi connectivity index (χ2n) is 3.32. The molecule has 1 aliphatic heterocycles. The number of alkyl halides is 1. The summed E-state index contributed by atoms with van der Waals surface area (Å²) in [7, 11) is 0. The summed E-state index contributed by atoms with van der Waals surface area (Å²) < 4.78 is 0. The van der Waals surface area contributed by atoms with Crippen molar-refractivity contribution in [3.05, 3.63) is 0 Å². The van der Waals surface area contributed by atoms with Crippen LogP contribution in [-0.4, -0.2) is 29.0 Å². The number of hydrazine groups is 1. The largest absolute Gasteiger partial charge is 0.313 e. The molecule has 0 aliphatic carbocycles. The van der Waals surface area contributed by atoms with Crippen LogP contribution in [0.15, 0.2) is 9.98 Å². The van der Waals surface area contributed by atoms with Crippen LogP contribution in [0.3, 0.4) is 0 Å². The van der Waals surface area contributed by atoms with Crippen molar-refractivity contribution in [1.29, 1.82) is 0 Å². The number of amidine groups is 1. The van der Waals surface area contributed by atoms with Gasteiger partial charge in [0.25, 0.3) is 0 Å². The van der Waals surface area contributed by atoms with Gasteiger partial charge < -0.3 is 5.32 Å². The first-order valence-electron chi connectivity index (χ1n) is 5.25. The van der Waals surface area contributed by atoms with Crippen LogP contribution in [0.2, 0.25) is 0 Å². The molecule has 6 heteroatoms. The number of nitrogens with one attached hydrogen (secondary N) is 1. The second-order valence-corrected chi connectivity index (χ2v) is 3.71. The number of nitrogens with two attached hydrogens (primary N) is 1. The Balaban J connectivity index is 2.68. The molecule has 0 saturated carbocycles. The van der Waals surface area contributed by atoms with Crippen LogP contribution in [0.1, 0.15) is 33.1 Å². The first-order chi connectivity index (χ1) is 7.19. The third-order valence-corrected chi connectivity index (χ3v) is 2.38. The maximum absolute atomic E-state index is 5.96. The quantitative estimate of drug-likeness (QED) is 0.435. The number of nitrogens with zero attached hydrogens (tertiary/aromatic N) is 3. The van der Waals surface area contributed by atoms with E-state index in [0.717, 1.165) is 25.1 Å². The lowest BCUT2D eigenvalue weighted by Gasteiger charge is -2.29. The van der Waals surface area contributed by atoms with Gasteiger partial charge in [-0.3, -0.25) is 4.99 Å². The van der Waals surface area contributed by atoms with E-state index >= 15 is 0 Å². The Morgan fingerprint density at radius 1 is 1.60 bits per heavy atom. The second kappa shape index (κ2) is 5.92. The Hall–Kier alpha value is -0.810. The predicted octanol–water partition coefficient (Wildman–Crippen LogP) is 1.25. The number of hydrogen-bond acceptors (Lipinski definition) is 3. The van der Waals surface area contributed by atoms with Crippen LogP contribution in [0.25, 0.3) is 0 Å². The van der Waals surface area contributed by atoms with Crippen LogP contribution < -0.4 is 11.2 Å². The maximum atomic E-state index is 5.96. The van der Waals surface area contributed by atoms with Gasteiger partial charge in [-0.1, -0.05) is 24.9 Å². The molecule has 0 radical (unpaired) electrons. The minimum Gasteiger partial charge on any atom is -0.313 e. The lowest BCUT2D eigenvalue weighted by molar-refractivity contribution is 0.393. The van der Waals surface area contributed by atoms with Crippen LogP contribution in [-0.2, 0) is 0 Å². The standard InChI is InChI=1S/C9H18ClN5/c1-3-5-6-7-13-8(10)15(11)9(14-7)12-4-2/h8H,3-6,11H2,1-2H3,(H,12,13,14). The highest BCUT2D eigenvalue weighted by molar-refractivity contribution is 6.23. The molecule has 1 unspecified atom stereocenters. The van der Waals surface area contributed by atoms with Crippen molar-refractivity contribution in [3.8, 4) is 0 Å². The zero-order valence-corrected chi connectivity index (χ0v) is 9.96. The van der Waals surface area contributed by atoms with Crippen LogP contribution >= 0.6 is 11.6 Å². The van der Waals surface area contributed by atoms with Gasteiger partial charge in [0.15, 0.2) is 0 Å². The minimum absolute atomic E-state index is 0.552. The molecule has 0 aromatic heterocycles. The van der Waals surface area contributed by atoms with E-state index in [1.165, 1.54) is 5.01 Å². The summed E-state index contributed by atoms with van der Waals surface area (Å²) >= 11 is 5.96. The maximum Gasteiger partial charge on any atom is 0.216 e. The molecular formula is C9H18ClN5. The molecule has 0 amide bonds. The van der Waals surface area contributed by atoms with E-state index in [1.54, 1.807) is 0 Å². The lowest BCUT2D eigenvalue weighted by Crippen LogP contribution is -2.55. The first kappa shape index (κ1) is 12.3. The number of hydrogen-bond donors (Lipinski definition) is 2. The average molecular weight is 232 g/mol. The number of halogens is 1. The molecule has 5 nitrogen and oxygen atoms in total. The Morgan fingerprint density at radius 3 is 2.93 bits per heavy atom. The highest BCUT2D eigenvalue weighted by atomic mass is 35.5. The van der Waals surface area contributed by atoms with Gasteiger partial charge in [-0.05, 0) is 13.3 Å². The molecular weight excluding hydrogens is 214 g/mol. The summed E-state index contributed by atoms with van der Waals surface area (Å²) in [5.74, 6) is 7.16. The van der Waals surface area contributed by atoms with Crippen molar-refractivity contribution in [2.75, 3.05) is 6.54 Å². The SMILES string of the molecule is CCCCC1=NC(Cl)N(N)C(=NCC)N1. The number of unbranched alkanes of at least 4 members (excludes halogenated alkanes) is 1. The van der Waals surface area contributed by atoms with E-state index in [-0.39, 0.29) is 0 Å². The number of guanidine groups is 1. The monoisotopic (exact) mass is 231 g/mol. The third kappa shape index (κ3) is 3.35.